The third kappa shape index (κ3) is 5.54. The summed E-state index contributed by atoms with van der Waals surface area (Å²) in [7, 11) is -5.08. The van der Waals surface area contributed by atoms with Gasteiger partial charge in [-0.15, -0.1) is 11.8 Å². The number of hydrogen-bond donors (Lipinski definition) is 5. The normalized spacial score (nSPS) is 37.7. The van der Waals surface area contributed by atoms with Crippen molar-refractivity contribution < 1.29 is 46.0 Å². The molecule has 3 aliphatic rings. The molecule has 3 saturated heterocycles. The van der Waals surface area contributed by atoms with E-state index >= 15 is 8.78 Å². The number of aromatic amines is 1. The highest BCUT2D eigenvalue weighted by atomic mass is 32.5. The lowest BCUT2D eigenvalue weighted by Gasteiger charge is -2.27. The van der Waals surface area contributed by atoms with Gasteiger partial charge in [0.05, 0.1) is 31.1 Å². The minimum atomic E-state index is -5.08. The van der Waals surface area contributed by atoms with Crippen molar-refractivity contribution in [3.05, 3.63) is 29.3 Å². The smallest absolute Gasteiger partial charge is 0.382 e. The van der Waals surface area contributed by atoms with E-state index in [9.17, 15) is 19.1 Å². The number of nitrogens with zero attached hydrogens (tertiary/aromatic N) is 7. The van der Waals surface area contributed by atoms with E-state index in [0.717, 1.165) is 18.1 Å². The molecule has 7 heterocycles. The van der Waals surface area contributed by atoms with Crippen LogP contribution in [0.3, 0.4) is 0 Å². The second-order valence-corrected chi connectivity index (χ2v) is 15.6. The van der Waals surface area contributed by atoms with E-state index in [1.807, 2.05) is 0 Å². The highest BCUT2D eigenvalue weighted by molar-refractivity contribution is 8.07. The average molecular weight is 711 g/mol. The number of halogens is 2. The lowest BCUT2D eigenvalue weighted by Crippen LogP contribution is -2.34. The fraction of sp³-hybridized carbons (Fsp3) is 0.500. The maximum absolute atomic E-state index is 15.9. The Hall–Kier alpha value is -2.69. The summed E-state index contributed by atoms with van der Waals surface area (Å²) in [4.78, 5) is 56.2. The van der Waals surface area contributed by atoms with Gasteiger partial charge in [0.2, 0.25) is 5.95 Å². The Balaban J connectivity index is 1.21. The lowest BCUT2D eigenvalue weighted by atomic mass is 10.1. The zero-order valence-corrected chi connectivity index (χ0v) is 25.7. The zero-order chi connectivity index (χ0) is 31.8. The topological polar surface area (TPSA) is 263 Å². The van der Waals surface area contributed by atoms with Crippen LogP contribution in [0, 0.1) is 0 Å². The van der Waals surface area contributed by atoms with Crippen LogP contribution in [0.5, 0.6) is 0 Å². The summed E-state index contributed by atoms with van der Waals surface area (Å²) in [5.41, 5.74) is 11.0. The molecule has 0 aromatic carbocycles. The van der Waals surface area contributed by atoms with Gasteiger partial charge in [0, 0.05) is 0 Å². The van der Waals surface area contributed by atoms with E-state index in [1.54, 1.807) is 0 Å². The number of anilines is 2. The second-order valence-electron chi connectivity index (χ2n) is 10.0. The maximum atomic E-state index is 15.9. The van der Waals surface area contributed by atoms with E-state index in [4.69, 9.17) is 46.1 Å². The summed E-state index contributed by atoms with van der Waals surface area (Å²) in [5.74, 6) is -0.218. The summed E-state index contributed by atoms with van der Waals surface area (Å²) < 4.78 is 74.5. The largest absolute Gasteiger partial charge is 0.472 e. The molecule has 2 unspecified atom stereocenters. The van der Waals surface area contributed by atoms with Gasteiger partial charge < -0.3 is 30.5 Å². The lowest BCUT2D eigenvalue weighted by molar-refractivity contribution is -0.0452. The number of alkyl halides is 2. The predicted molar refractivity (Wildman–Crippen MR) is 154 cm³/mol. The van der Waals surface area contributed by atoms with Gasteiger partial charge in [-0.05, 0) is 11.8 Å². The molecule has 242 valence electrons. The van der Waals surface area contributed by atoms with Crippen LogP contribution in [0.4, 0.5) is 20.5 Å². The van der Waals surface area contributed by atoms with Gasteiger partial charge in [0.25, 0.3) is 5.56 Å². The molecule has 45 heavy (non-hydrogen) atoms. The van der Waals surface area contributed by atoms with Crippen LogP contribution in [0.25, 0.3) is 22.3 Å². The SMILES string of the molecule is Nc1nc2c(ncn2[C@@H]2S[C@@H]3COP(=O)(O)O[C@H]4[C@H](F)[C@H](n5cnc6c(N)ncnc65)O[C@@H]4COP(O)(=S)O[C@@H]2[C@@H]3F)c(=O)[nH]1. The molecule has 3 aliphatic heterocycles. The number of fused-ring (bicyclic) bond motifs is 5. The highest BCUT2D eigenvalue weighted by Crippen LogP contribution is 2.57. The molecule has 0 aliphatic carbocycles. The summed E-state index contributed by atoms with van der Waals surface area (Å²) in [6.45, 7) is -5.78. The Bertz CT molecular complexity index is 1950. The molecule has 0 spiro atoms. The fourth-order valence-electron chi connectivity index (χ4n) is 5.23. The first-order valence-corrected chi connectivity index (χ1v) is 17.9. The van der Waals surface area contributed by atoms with Gasteiger partial charge in [0.1, 0.15) is 41.7 Å². The van der Waals surface area contributed by atoms with Gasteiger partial charge in [-0.3, -0.25) is 32.5 Å². The maximum Gasteiger partial charge on any atom is 0.472 e. The Morgan fingerprint density at radius 1 is 1.00 bits per heavy atom. The molecule has 7 rings (SSSR count). The number of nitrogens with two attached hydrogens (primary N) is 2. The van der Waals surface area contributed by atoms with Gasteiger partial charge in [-0.25, -0.2) is 33.3 Å². The number of hydrogen-bond acceptors (Lipinski definition) is 16. The molecule has 25 heteroatoms. The summed E-state index contributed by atoms with van der Waals surface area (Å²) in [6.07, 6.45) is -6.96. The number of phosphoric acid groups is 1. The number of thioether (sulfide) groups is 1. The third-order valence-corrected chi connectivity index (χ3v) is 11.3. The van der Waals surface area contributed by atoms with Crippen LogP contribution in [0.15, 0.2) is 23.8 Å². The van der Waals surface area contributed by atoms with Crippen LogP contribution in [-0.2, 0) is 39.2 Å². The molecule has 10 atom stereocenters. The Kier molecular flexibility index (Phi) is 7.72. The second kappa shape index (κ2) is 11.2. The van der Waals surface area contributed by atoms with Gasteiger partial charge in [-0.2, -0.15) is 4.98 Å². The number of rotatable bonds is 2. The number of nitrogens with one attached hydrogen (secondary N) is 1. The molecule has 4 aromatic rings. The van der Waals surface area contributed by atoms with Gasteiger partial charge in [0.15, 0.2) is 35.0 Å². The van der Waals surface area contributed by atoms with Crippen LogP contribution >= 0.6 is 26.3 Å². The predicted octanol–water partition coefficient (Wildman–Crippen LogP) is 0.446. The summed E-state index contributed by atoms with van der Waals surface area (Å²) in [5, 5.41) is -2.31. The molecule has 0 radical (unpaired) electrons. The fourth-order valence-corrected chi connectivity index (χ4v) is 9.26. The van der Waals surface area contributed by atoms with Gasteiger partial charge >= 0.3 is 14.5 Å². The average Bonchev–Trinajstić information content (AvgIpc) is 3.72. The molecule has 0 saturated carbocycles. The third-order valence-electron chi connectivity index (χ3n) is 7.23. The number of ether oxygens (including phenoxy) is 1. The summed E-state index contributed by atoms with van der Waals surface area (Å²) >= 11 is 6.02. The van der Waals surface area contributed by atoms with Crippen molar-refractivity contribution in [2.45, 2.75) is 47.5 Å². The van der Waals surface area contributed by atoms with E-state index in [2.05, 4.69) is 29.9 Å². The van der Waals surface area contributed by atoms with Crippen molar-refractivity contribution >= 4 is 72.2 Å². The molecule has 3 fully saturated rings. The number of H-pyrrole nitrogens is 1. The monoisotopic (exact) mass is 710 g/mol. The summed E-state index contributed by atoms with van der Waals surface area (Å²) in [6, 6.07) is 0. The van der Waals surface area contributed by atoms with Crippen molar-refractivity contribution in [2.24, 2.45) is 0 Å². The van der Waals surface area contributed by atoms with Crippen LogP contribution in [-0.4, -0.2) is 97.9 Å². The van der Waals surface area contributed by atoms with Crippen LogP contribution in [0.2, 0.25) is 0 Å². The van der Waals surface area contributed by atoms with Crippen molar-refractivity contribution in [2.75, 3.05) is 24.7 Å². The Morgan fingerprint density at radius 3 is 2.56 bits per heavy atom. The minimum Gasteiger partial charge on any atom is -0.382 e. The number of imidazole rings is 2. The van der Waals surface area contributed by atoms with Crippen molar-refractivity contribution in [1.29, 1.82) is 0 Å². The quantitative estimate of drug-likeness (QED) is 0.177. The molecule has 2 bridgehead atoms. The number of phosphoric ester groups is 1. The molecule has 19 nitrogen and oxygen atoms in total. The molecular weight excluding hydrogens is 688 g/mol. The first-order chi connectivity index (χ1) is 21.3. The Labute approximate surface area is 258 Å². The number of aromatic nitrogens is 8. The van der Waals surface area contributed by atoms with E-state index in [1.165, 1.54) is 21.8 Å². The number of nitrogen functional groups attached to an aromatic ring is 2. The minimum absolute atomic E-state index is 0.0207. The Morgan fingerprint density at radius 2 is 1.76 bits per heavy atom. The highest BCUT2D eigenvalue weighted by Gasteiger charge is 2.54. The van der Waals surface area contributed by atoms with Crippen LogP contribution < -0.4 is 17.0 Å². The van der Waals surface area contributed by atoms with Crippen molar-refractivity contribution in [3.63, 3.8) is 0 Å². The molecule has 7 N–H and O–H groups in total. The molecule has 4 aromatic heterocycles. The van der Waals surface area contributed by atoms with E-state index in [0.29, 0.717) is 0 Å². The zero-order valence-electron chi connectivity index (χ0n) is 22.3. The molecular formula is C20H22F2N10O9P2S2. The van der Waals surface area contributed by atoms with Crippen LogP contribution in [0.1, 0.15) is 11.6 Å². The van der Waals surface area contributed by atoms with E-state index in [-0.39, 0.29) is 34.1 Å². The molecule has 0 amide bonds. The van der Waals surface area contributed by atoms with E-state index < -0.39 is 80.8 Å². The van der Waals surface area contributed by atoms with Crippen molar-refractivity contribution in [3.8, 4) is 0 Å². The standard InChI is InChI=1S/C20H22F2N10O9P2S2/c21-8-7-2-37-42(34,35)40-12-6(39-18(9(12)22)31-4-27-10-14(23)25-3-26-15(10)31)1-38-43(36,44)41-13(8)19(45-7)32-5-28-11-16(32)29-20(24)30-17(11)33/h3-9,12-13,18-19H,1-2H2,(H,34,35)(H,36,44)(H2,23,25,26)(H3,24,29,30,33)/t6-,7-,8-,9+,12-,13-,18-,19-,43?/m1/s1. The van der Waals surface area contributed by atoms with Gasteiger partial charge in [-0.1, -0.05) is 0 Å². The first kappa shape index (κ1) is 30.9. The first-order valence-electron chi connectivity index (χ1n) is 12.9. The van der Waals surface area contributed by atoms with Crippen molar-refractivity contribution in [1.82, 2.24) is 39.0 Å².